The second-order valence-electron chi connectivity index (χ2n) is 2.09. The number of rotatable bonds is 2. The van der Waals surface area contributed by atoms with Crippen LogP contribution >= 0.6 is 13.6 Å². The molecule has 0 aliphatic rings. The zero-order chi connectivity index (χ0) is 10.3. The molecule has 0 bridgehead atoms. The van der Waals surface area contributed by atoms with E-state index >= 15 is 0 Å². The molecule has 0 amide bonds. The molecule has 1 rings (SSSR count). The monoisotopic (exact) mass is 300 g/mol. The fourth-order valence-corrected chi connectivity index (χ4v) is 0.755. The van der Waals surface area contributed by atoms with Gasteiger partial charge in [0.15, 0.2) is 0 Å². The van der Waals surface area contributed by atoms with E-state index in [1.165, 1.54) is 23.5 Å². The number of benzene rings is 1. The average Bonchev–Trinajstić information content (AvgIpc) is 2.15. The van der Waals surface area contributed by atoms with E-state index in [4.69, 9.17) is 0 Å². The first kappa shape index (κ1) is 13.1. The first-order valence-corrected chi connectivity index (χ1v) is 10.3. The fourth-order valence-electron chi connectivity index (χ4n) is 0.755. The van der Waals surface area contributed by atoms with Gasteiger partial charge in [-0.25, -0.2) is 4.39 Å². The van der Waals surface area contributed by atoms with Crippen LogP contribution in [0.1, 0.15) is 5.56 Å². The zero-order valence-corrected chi connectivity index (χ0v) is 11.7. The molecule has 1 nitrogen and oxygen atoms in total. The topological polar surface area (TPSA) is 9.23 Å². The zero-order valence-electron chi connectivity index (χ0n) is 7.11. The molecule has 1 aromatic rings. The maximum absolute atomic E-state index is 12.7. The molecule has 0 saturated carbocycles. The van der Waals surface area contributed by atoms with E-state index in [0.29, 0.717) is 0 Å². The van der Waals surface area contributed by atoms with Crippen molar-refractivity contribution in [1.29, 1.82) is 0 Å². The summed E-state index contributed by atoms with van der Waals surface area (Å²) < 4.78 is 29.7. The van der Waals surface area contributed by atoms with Crippen molar-refractivity contribution in [1.82, 2.24) is 0 Å². The molecule has 0 aliphatic heterocycles. The SMILES string of the molecule is COCc1cc(F)[c-]cc1F.[Zn+][Br]. The van der Waals surface area contributed by atoms with Crippen LogP contribution < -0.4 is 0 Å². The molecule has 5 heteroatoms. The van der Waals surface area contributed by atoms with Gasteiger partial charge in [-0.15, -0.1) is 18.2 Å². The van der Waals surface area contributed by atoms with E-state index in [0.717, 1.165) is 12.1 Å². The first-order valence-electron chi connectivity index (χ1n) is 3.35. The van der Waals surface area contributed by atoms with Crippen molar-refractivity contribution < 1.29 is 29.9 Å². The van der Waals surface area contributed by atoms with Gasteiger partial charge in [0.1, 0.15) is 0 Å². The van der Waals surface area contributed by atoms with Gasteiger partial charge in [-0.1, -0.05) is 5.56 Å². The Bertz CT molecular complexity index is 258. The molecule has 1 aromatic carbocycles. The Morgan fingerprint density at radius 2 is 2.15 bits per heavy atom. The molecule has 0 atom stereocenters. The van der Waals surface area contributed by atoms with Gasteiger partial charge in [0.05, 0.1) is 6.61 Å². The summed E-state index contributed by atoms with van der Waals surface area (Å²) in [5, 5.41) is 0. The molecule has 0 heterocycles. The van der Waals surface area contributed by atoms with Crippen LogP contribution in [-0.2, 0) is 27.7 Å². The third kappa shape index (κ3) is 4.79. The summed E-state index contributed by atoms with van der Waals surface area (Å²) >= 11 is 4.25. The Hall–Kier alpha value is 0.143. The molecule has 0 radical (unpaired) electrons. The summed E-state index contributed by atoms with van der Waals surface area (Å²) in [6, 6.07) is 4.13. The van der Waals surface area contributed by atoms with Crippen LogP contribution in [0.2, 0.25) is 0 Å². The van der Waals surface area contributed by atoms with E-state index < -0.39 is 11.6 Å². The Morgan fingerprint density at radius 3 is 2.69 bits per heavy atom. The van der Waals surface area contributed by atoms with Crippen LogP contribution in [0.15, 0.2) is 12.1 Å². The summed E-state index contributed by atoms with van der Waals surface area (Å²) in [6.45, 7) is 0.0808. The number of ether oxygens (including phenoxy) is 1. The van der Waals surface area contributed by atoms with Crippen molar-refractivity contribution in [3.05, 3.63) is 35.4 Å². The quantitative estimate of drug-likeness (QED) is 0.603. The van der Waals surface area contributed by atoms with Gasteiger partial charge < -0.3 is 4.74 Å². The number of hydrogen-bond donors (Lipinski definition) is 0. The minimum absolute atomic E-state index is 0.0808. The summed E-state index contributed by atoms with van der Waals surface area (Å²) in [6.07, 6.45) is 0. The van der Waals surface area contributed by atoms with Crippen LogP contribution in [0.3, 0.4) is 0 Å². The standard InChI is InChI=1S/C8H7F2O.BrH.Zn/c1-11-5-6-4-7(9)2-3-8(6)10;;/h3-4H,5H2,1H3;1H;/q-1;;+2/p-1. The summed E-state index contributed by atoms with van der Waals surface area (Å²) in [4.78, 5) is 0. The van der Waals surface area contributed by atoms with Gasteiger partial charge in [-0.3, -0.25) is 4.39 Å². The van der Waals surface area contributed by atoms with Gasteiger partial charge in [0.2, 0.25) is 0 Å². The predicted molar refractivity (Wildman–Crippen MR) is 44.8 cm³/mol. The van der Waals surface area contributed by atoms with Crippen LogP contribution in [0, 0.1) is 17.7 Å². The minimum atomic E-state index is -0.571. The molecule has 0 fully saturated rings. The molecular weight excluding hydrogens is 295 g/mol. The van der Waals surface area contributed by atoms with Crippen molar-refractivity contribution in [2.24, 2.45) is 0 Å². The summed E-state index contributed by atoms with van der Waals surface area (Å²) in [7, 11) is 1.42. The van der Waals surface area contributed by atoms with E-state index in [-0.39, 0.29) is 12.2 Å². The van der Waals surface area contributed by atoms with Crippen molar-refractivity contribution in [3.8, 4) is 0 Å². The number of halogens is 3. The van der Waals surface area contributed by atoms with Gasteiger partial charge >= 0.3 is 30.0 Å². The van der Waals surface area contributed by atoms with Gasteiger partial charge in [-0.2, -0.15) is 0 Å². The number of hydrogen-bond acceptors (Lipinski definition) is 1. The molecule has 68 valence electrons. The average molecular weight is 302 g/mol. The van der Waals surface area contributed by atoms with E-state index in [9.17, 15) is 8.78 Å². The van der Waals surface area contributed by atoms with Crippen molar-refractivity contribution >= 4 is 13.6 Å². The third-order valence-electron chi connectivity index (χ3n) is 1.24. The molecule has 13 heavy (non-hydrogen) atoms. The fraction of sp³-hybridized carbons (Fsp3) is 0.250. The molecular formula is C8H7BrF2OZn. The van der Waals surface area contributed by atoms with Crippen LogP contribution in [0.25, 0.3) is 0 Å². The Morgan fingerprint density at radius 1 is 1.54 bits per heavy atom. The molecule has 0 spiro atoms. The Kier molecular flexibility index (Phi) is 7.62. The van der Waals surface area contributed by atoms with Crippen molar-refractivity contribution in [2.75, 3.05) is 7.11 Å². The summed E-state index contributed by atoms with van der Waals surface area (Å²) in [5.41, 5.74) is 0.212. The predicted octanol–water partition coefficient (Wildman–Crippen LogP) is 2.75. The molecule has 0 aromatic heterocycles. The second kappa shape index (κ2) is 7.54. The van der Waals surface area contributed by atoms with E-state index in [2.05, 4.69) is 24.4 Å². The van der Waals surface area contributed by atoms with E-state index in [1.54, 1.807) is 0 Å². The second-order valence-corrected chi connectivity index (χ2v) is 2.09. The summed E-state index contributed by atoms with van der Waals surface area (Å²) in [5.74, 6) is -1.06. The molecule has 0 aliphatic carbocycles. The molecule has 0 N–H and O–H groups in total. The van der Waals surface area contributed by atoms with Crippen molar-refractivity contribution in [3.63, 3.8) is 0 Å². The van der Waals surface area contributed by atoms with Gasteiger partial charge in [0.25, 0.3) is 0 Å². The molecule has 0 unspecified atom stereocenters. The van der Waals surface area contributed by atoms with Crippen molar-refractivity contribution in [2.45, 2.75) is 6.61 Å². The third-order valence-corrected chi connectivity index (χ3v) is 1.24. The van der Waals surface area contributed by atoms with Gasteiger partial charge in [0, 0.05) is 18.7 Å². The molecule has 0 saturated heterocycles. The normalized spacial score (nSPS) is 9.08. The van der Waals surface area contributed by atoms with Crippen LogP contribution in [0.5, 0.6) is 0 Å². The first-order chi connectivity index (χ1) is 6.24. The maximum atomic E-state index is 12.7. The van der Waals surface area contributed by atoms with Crippen LogP contribution in [0.4, 0.5) is 8.78 Å². The van der Waals surface area contributed by atoms with Crippen LogP contribution in [-0.4, -0.2) is 7.11 Å². The number of methoxy groups -OCH3 is 1. The Balaban J connectivity index is 0.000000671. The Labute approximate surface area is 92.5 Å². The van der Waals surface area contributed by atoms with E-state index in [1.807, 2.05) is 0 Å². The van der Waals surface area contributed by atoms with Gasteiger partial charge in [-0.05, 0) is 0 Å².